The van der Waals surface area contributed by atoms with Gasteiger partial charge in [0.25, 0.3) is 0 Å². The number of pyridine rings is 1. The maximum absolute atomic E-state index is 14.6. The molecule has 8 nitrogen and oxygen atoms in total. The highest BCUT2D eigenvalue weighted by Crippen LogP contribution is 2.38. The van der Waals surface area contributed by atoms with Gasteiger partial charge in [-0.2, -0.15) is 5.26 Å². The molecule has 1 atom stereocenters. The van der Waals surface area contributed by atoms with Crippen LogP contribution in [0.15, 0.2) is 67.0 Å². The lowest BCUT2D eigenvalue weighted by Crippen LogP contribution is -2.46. The molecule has 1 unspecified atom stereocenters. The van der Waals surface area contributed by atoms with Crippen molar-refractivity contribution in [2.75, 3.05) is 23.7 Å². The number of fused-ring (bicyclic) bond motifs is 1. The Morgan fingerprint density at radius 2 is 1.70 bits per heavy atom. The number of hydrogen-bond acceptors (Lipinski definition) is 7. The van der Waals surface area contributed by atoms with Crippen LogP contribution in [0.1, 0.15) is 62.5 Å². The van der Waals surface area contributed by atoms with Gasteiger partial charge in [0.15, 0.2) is 0 Å². The number of benzene rings is 3. The summed E-state index contributed by atoms with van der Waals surface area (Å²) in [6.07, 6.45) is 5.22. The molecule has 0 amide bonds. The van der Waals surface area contributed by atoms with Crippen LogP contribution in [-0.2, 0) is 0 Å². The summed E-state index contributed by atoms with van der Waals surface area (Å²) in [6, 6.07) is 16.3. The van der Waals surface area contributed by atoms with Crippen molar-refractivity contribution in [1.29, 1.82) is 5.26 Å². The molecule has 1 aliphatic heterocycles. The van der Waals surface area contributed by atoms with Gasteiger partial charge in [0, 0.05) is 40.9 Å². The van der Waals surface area contributed by atoms with E-state index in [0.717, 1.165) is 43.6 Å². The number of hydrogen-bond donors (Lipinski definition) is 2. The fourth-order valence-corrected chi connectivity index (χ4v) is 6.25. The molecule has 236 valence electrons. The smallest absolute Gasteiger partial charge is 0.149 e. The highest BCUT2D eigenvalue weighted by Gasteiger charge is 2.29. The Balaban J connectivity index is 1.37. The predicted octanol–water partition coefficient (Wildman–Crippen LogP) is 8.66. The predicted molar refractivity (Wildman–Crippen MR) is 178 cm³/mol. The summed E-state index contributed by atoms with van der Waals surface area (Å²) < 4.78 is 31.2. The van der Waals surface area contributed by atoms with Gasteiger partial charge in [-0.05, 0) is 75.6 Å². The molecule has 3 heterocycles. The van der Waals surface area contributed by atoms with Gasteiger partial charge in [-0.25, -0.2) is 13.5 Å². The number of piperidine rings is 1. The average molecular weight is 662 g/mol. The minimum absolute atomic E-state index is 0.0954. The van der Waals surface area contributed by atoms with E-state index in [4.69, 9.17) is 23.2 Å². The van der Waals surface area contributed by atoms with Crippen LogP contribution in [0.3, 0.4) is 0 Å². The fourth-order valence-electron chi connectivity index (χ4n) is 5.86. The lowest BCUT2D eigenvalue weighted by atomic mass is 9.98. The Hall–Kier alpha value is -4.30. The minimum Gasteiger partial charge on any atom is -0.373 e. The second kappa shape index (κ2) is 12.8. The summed E-state index contributed by atoms with van der Waals surface area (Å²) in [4.78, 5) is 6.85. The number of aromatic nitrogens is 4. The summed E-state index contributed by atoms with van der Waals surface area (Å²) >= 11 is 13.0. The van der Waals surface area contributed by atoms with Crippen LogP contribution in [0.5, 0.6) is 0 Å². The van der Waals surface area contributed by atoms with Crippen molar-refractivity contribution in [2.45, 2.75) is 51.2 Å². The molecule has 46 heavy (non-hydrogen) atoms. The third-order valence-electron chi connectivity index (χ3n) is 8.38. The van der Waals surface area contributed by atoms with E-state index < -0.39 is 17.7 Å². The Labute approximate surface area is 275 Å². The molecular formula is C34H32Cl2F2N8. The number of likely N-dealkylation sites (tertiary alicyclic amines) is 1. The Morgan fingerprint density at radius 1 is 1.00 bits per heavy atom. The van der Waals surface area contributed by atoms with Crippen LogP contribution in [0.25, 0.3) is 10.9 Å². The van der Waals surface area contributed by atoms with Crippen LogP contribution in [0, 0.1) is 23.0 Å². The van der Waals surface area contributed by atoms with Crippen molar-refractivity contribution >= 4 is 51.2 Å². The van der Waals surface area contributed by atoms with Gasteiger partial charge >= 0.3 is 0 Å². The summed E-state index contributed by atoms with van der Waals surface area (Å²) in [5, 5.41) is 26.6. The van der Waals surface area contributed by atoms with E-state index in [1.54, 1.807) is 24.3 Å². The highest BCUT2D eigenvalue weighted by atomic mass is 35.5. The van der Waals surface area contributed by atoms with Crippen molar-refractivity contribution in [3.63, 3.8) is 0 Å². The van der Waals surface area contributed by atoms with Crippen LogP contribution >= 0.6 is 23.2 Å². The first-order valence-electron chi connectivity index (χ1n) is 14.9. The summed E-state index contributed by atoms with van der Waals surface area (Å²) in [6.45, 7) is 8.65. The normalized spacial score (nSPS) is 15.1. The van der Waals surface area contributed by atoms with Crippen LogP contribution in [0.2, 0.25) is 10.0 Å². The SMILES string of the molecule is CC(C)(C)N1CCC(n2cc(C(Nc3cc(Cl)c4ncc(C#N)c(Nc5c(F)cccc5F)c4c3)c3ccc(Cl)cc3)nn2)CC1. The van der Waals surface area contributed by atoms with Gasteiger partial charge < -0.3 is 10.6 Å². The molecule has 0 radical (unpaired) electrons. The summed E-state index contributed by atoms with van der Waals surface area (Å²) in [7, 11) is 0. The van der Waals surface area contributed by atoms with Gasteiger partial charge in [-0.15, -0.1) is 5.10 Å². The standard InChI is InChI=1S/C34H32Cl2F2N8/c1-34(2,3)45-13-11-24(12-14-45)46-19-29(43-44-46)31(20-7-9-22(35)10-8-20)41-23-15-25-30(42-33-27(37)5-4-6-28(33)38)21(17-39)18-40-32(25)26(36)16-23/h4-10,15-16,18-19,24,31,41H,11-14H2,1-3H3,(H,40,42). The van der Waals surface area contributed by atoms with E-state index >= 15 is 0 Å². The molecule has 1 saturated heterocycles. The zero-order valence-electron chi connectivity index (χ0n) is 25.5. The molecule has 0 saturated carbocycles. The van der Waals surface area contributed by atoms with Crippen molar-refractivity contribution in [3.05, 3.63) is 105 Å². The van der Waals surface area contributed by atoms with Gasteiger partial charge in [0.1, 0.15) is 29.1 Å². The number of nitrogens with one attached hydrogen (secondary N) is 2. The zero-order chi connectivity index (χ0) is 32.6. The summed E-state index contributed by atoms with van der Waals surface area (Å²) in [5.74, 6) is -1.60. The van der Waals surface area contributed by atoms with Gasteiger partial charge in [0.05, 0.1) is 40.1 Å². The highest BCUT2D eigenvalue weighted by molar-refractivity contribution is 6.36. The second-order valence-corrected chi connectivity index (χ2v) is 13.2. The quantitative estimate of drug-likeness (QED) is 0.180. The van der Waals surface area contributed by atoms with Crippen LogP contribution in [0.4, 0.5) is 25.8 Å². The van der Waals surface area contributed by atoms with E-state index in [2.05, 4.69) is 57.7 Å². The minimum atomic E-state index is -0.802. The molecular weight excluding hydrogens is 629 g/mol. The maximum Gasteiger partial charge on any atom is 0.149 e. The molecule has 0 aliphatic carbocycles. The Bertz CT molecular complexity index is 1900. The van der Waals surface area contributed by atoms with Gasteiger partial charge in [0.2, 0.25) is 0 Å². The zero-order valence-corrected chi connectivity index (χ0v) is 27.0. The molecule has 3 aromatic carbocycles. The topological polar surface area (TPSA) is 94.7 Å². The largest absolute Gasteiger partial charge is 0.373 e. The van der Waals surface area contributed by atoms with Crippen molar-refractivity contribution in [1.82, 2.24) is 24.9 Å². The van der Waals surface area contributed by atoms with Gasteiger partial charge in [-0.3, -0.25) is 9.88 Å². The molecule has 2 aromatic heterocycles. The molecule has 0 bridgehead atoms. The Morgan fingerprint density at radius 3 is 2.35 bits per heavy atom. The van der Waals surface area contributed by atoms with E-state index in [1.165, 1.54) is 12.3 Å². The molecule has 2 N–H and O–H groups in total. The lowest BCUT2D eigenvalue weighted by Gasteiger charge is -2.40. The number of para-hydroxylation sites is 1. The van der Waals surface area contributed by atoms with E-state index in [9.17, 15) is 14.0 Å². The number of rotatable bonds is 7. The second-order valence-electron chi connectivity index (χ2n) is 12.4. The van der Waals surface area contributed by atoms with E-state index in [-0.39, 0.29) is 33.5 Å². The molecule has 1 fully saturated rings. The molecule has 0 spiro atoms. The first-order chi connectivity index (χ1) is 22.0. The number of nitrogens with zero attached hydrogens (tertiary/aromatic N) is 6. The maximum atomic E-state index is 14.6. The number of anilines is 3. The first-order valence-corrected chi connectivity index (χ1v) is 15.7. The monoisotopic (exact) mass is 660 g/mol. The Kier molecular flexibility index (Phi) is 8.84. The molecule has 12 heteroatoms. The van der Waals surface area contributed by atoms with Gasteiger partial charge in [-0.1, -0.05) is 46.6 Å². The van der Waals surface area contributed by atoms with Crippen molar-refractivity contribution in [3.8, 4) is 6.07 Å². The first kappa shape index (κ1) is 31.7. The van der Waals surface area contributed by atoms with Crippen LogP contribution < -0.4 is 10.6 Å². The number of halogens is 4. The van der Waals surface area contributed by atoms with Crippen LogP contribution in [-0.4, -0.2) is 43.5 Å². The van der Waals surface area contributed by atoms with Crippen molar-refractivity contribution < 1.29 is 8.78 Å². The summed E-state index contributed by atoms with van der Waals surface area (Å²) in [5.41, 5.74) is 2.51. The lowest BCUT2D eigenvalue weighted by molar-refractivity contribution is 0.0866. The number of nitriles is 1. The molecule has 1 aliphatic rings. The molecule has 5 aromatic rings. The molecule has 6 rings (SSSR count). The van der Waals surface area contributed by atoms with E-state index in [0.29, 0.717) is 27.3 Å². The third kappa shape index (κ3) is 6.49. The van der Waals surface area contributed by atoms with Crippen molar-refractivity contribution in [2.24, 2.45) is 0 Å². The fraction of sp³-hybridized carbons (Fsp3) is 0.294. The third-order valence-corrected chi connectivity index (χ3v) is 8.92. The van der Waals surface area contributed by atoms with E-state index in [1.807, 2.05) is 23.0 Å². The average Bonchev–Trinajstić information content (AvgIpc) is 3.52.